The average Bonchev–Trinajstić information content (AvgIpc) is 3.82. The number of anilines is 1. The zero-order valence-electron chi connectivity index (χ0n) is 25.3. The number of carbonyl (C=O) groups is 5. The molecule has 50 heavy (non-hydrogen) atoms. The van der Waals surface area contributed by atoms with Crippen LogP contribution in [0.3, 0.4) is 0 Å². The minimum atomic E-state index is -4.25. The van der Waals surface area contributed by atoms with Gasteiger partial charge in [0.2, 0.25) is 0 Å². The third-order valence-corrected chi connectivity index (χ3v) is 12.9. The molecule has 2 aromatic heterocycles. The Bertz CT molecular complexity index is 2310. The number of hydrogen-bond donors (Lipinski definition) is 4. The maximum absolute atomic E-state index is 13.6. The Balaban J connectivity index is 1.65. The van der Waals surface area contributed by atoms with Crippen molar-refractivity contribution in [1.82, 2.24) is 14.5 Å². The van der Waals surface area contributed by atoms with Crippen LogP contribution in [0, 0.1) is 0 Å². The number of aliphatic carboxylic acids is 2. The molecule has 0 aliphatic carbocycles. The van der Waals surface area contributed by atoms with Crippen LogP contribution in [0.15, 0.2) is 52.0 Å². The zero-order chi connectivity index (χ0) is 36.3. The molecule has 20 heteroatoms. The van der Waals surface area contributed by atoms with Gasteiger partial charge in [-0.1, -0.05) is 0 Å². The summed E-state index contributed by atoms with van der Waals surface area (Å²) in [5.41, 5.74) is 1.25. The molecule has 4 heterocycles. The molecule has 1 aromatic carbocycles. The van der Waals surface area contributed by atoms with Gasteiger partial charge in [0.25, 0.3) is 0 Å². The Hall–Kier alpha value is -4.43. The monoisotopic (exact) mass is 824 g/mol. The summed E-state index contributed by atoms with van der Waals surface area (Å²) in [6, 6.07) is 6.59. The first kappa shape index (κ1) is 36.8. The van der Waals surface area contributed by atoms with Crippen molar-refractivity contribution in [2.24, 2.45) is 0 Å². The molecule has 0 saturated carbocycles. The molecule has 3 aromatic rings. The normalized spacial score (nSPS) is 17.2. The zero-order valence-corrected chi connectivity index (χ0v) is 30.3. The van der Waals surface area contributed by atoms with Crippen molar-refractivity contribution in [1.29, 1.82) is 0 Å². The Morgan fingerprint density at radius 1 is 1.04 bits per heavy atom. The van der Waals surface area contributed by atoms with E-state index in [1.165, 1.54) is 6.08 Å². The number of rotatable bonds is 13. The molecule has 0 bridgehead atoms. The number of allylic oxidation sites excluding steroid dienone is 3. The van der Waals surface area contributed by atoms with Gasteiger partial charge in [0, 0.05) is 0 Å². The van der Waals surface area contributed by atoms with Gasteiger partial charge in [-0.3, -0.25) is 4.79 Å². The second-order valence-corrected chi connectivity index (χ2v) is 16.9. The number of amides is 1. The summed E-state index contributed by atoms with van der Waals surface area (Å²) in [5.74, 6) is -3.94. The molecule has 1 saturated heterocycles. The van der Waals surface area contributed by atoms with Gasteiger partial charge in [-0.25, -0.2) is 0 Å². The number of carboxylic acid groups (broad SMARTS) is 2. The Labute approximate surface area is 302 Å². The summed E-state index contributed by atoms with van der Waals surface area (Å²) >= 11 is 6.36. The maximum atomic E-state index is 13.6. The Morgan fingerprint density at radius 2 is 1.74 bits per heavy atom. The van der Waals surface area contributed by atoms with Gasteiger partial charge < -0.3 is 5.11 Å². The van der Waals surface area contributed by atoms with E-state index in [2.05, 4.69) is 4.98 Å². The summed E-state index contributed by atoms with van der Waals surface area (Å²) in [7, 11) is -4.25. The summed E-state index contributed by atoms with van der Waals surface area (Å²) < 4.78 is 34.5. The number of nitrogens with one attached hydrogen (secondary N) is 1. The van der Waals surface area contributed by atoms with Crippen molar-refractivity contribution in [3.63, 3.8) is 0 Å². The second-order valence-electron chi connectivity index (χ2n) is 10.5. The van der Waals surface area contributed by atoms with Crippen LogP contribution in [0.2, 0.25) is 0 Å². The fraction of sp³-hybridized carbons (Fsp3) is 0.167. The number of thiocarbonyl (C=S) groups is 1. The number of aromatic amines is 1. The Kier molecular flexibility index (Phi) is 11.2. The Morgan fingerprint density at radius 3 is 2.36 bits per heavy atom. The molecule has 15 nitrogen and oxygen atoms in total. The molecule has 260 valence electrons. The van der Waals surface area contributed by atoms with Crippen LogP contribution in [0.1, 0.15) is 32.8 Å². The standard InChI is InChI=1S/C30H24N4O11S4Se/c35-14-17-9-20-22(11-18(17)15-36)50-23(32(20)7-2-8-49(43,44)45)5-4-16(19-3-1-6-31-19)10-21-27(41)33(12-24(37)38)29(47-21)26-28(42)34(13-25(39)40)30(46)48-26/h1,3-6,9-11,14-15,31H,2,7-8,12-13H2,(H,37,38)(H,39,40)(H,43,44,45)/b16-4?,21-10?,23-5?,29-26+. The van der Waals surface area contributed by atoms with Gasteiger partial charge in [0.15, 0.2) is 0 Å². The first-order chi connectivity index (χ1) is 23.7. The van der Waals surface area contributed by atoms with Crippen LogP contribution in [-0.2, 0) is 31.0 Å². The number of aldehydes is 2. The molecule has 0 unspecified atom stereocenters. The van der Waals surface area contributed by atoms with Crippen LogP contribution in [0.25, 0.3) is 16.6 Å². The number of nitrogens with zero attached hydrogens (tertiary/aromatic N) is 3. The molecular weight excluding hydrogens is 800 g/mol. The second kappa shape index (κ2) is 15.2. The van der Waals surface area contributed by atoms with Crippen molar-refractivity contribution < 1.29 is 47.2 Å². The van der Waals surface area contributed by atoms with Gasteiger partial charge in [-0.05, 0) is 0 Å². The quantitative estimate of drug-likeness (QED) is 0.0761. The number of carboxylic acids is 2. The molecule has 5 rings (SSSR count). The van der Waals surface area contributed by atoms with Crippen molar-refractivity contribution in [3.05, 3.63) is 83.6 Å². The van der Waals surface area contributed by atoms with Crippen molar-refractivity contribution in [2.75, 3.05) is 23.7 Å². The van der Waals surface area contributed by atoms with E-state index in [0.29, 0.717) is 34.1 Å². The number of thioether (sulfide) groups is 1. The van der Waals surface area contributed by atoms with Gasteiger partial charge >= 0.3 is 294 Å². The van der Waals surface area contributed by atoms with E-state index in [1.54, 1.807) is 47.5 Å². The van der Waals surface area contributed by atoms with Gasteiger partial charge in [-0.2, -0.15) is 0 Å². The molecule has 1 amide bonds. The first-order valence-electron chi connectivity index (χ1n) is 14.2. The van der Waals surface area contributed by atoms with Crippen LogP contribution >= 0.6 is 35.3 Å². The van der Waals surface area contributed by atoms with Crippen molar-refractivity contribution in [3.8, 4) is 0 Å². The van der Waals surface area contributed by atoms with Gasteiger partial charge in [0.1, 0.15) is 0 Å². The molecule has 4 N–H and O–H groups in total. The number of H-pyrrole nitrogens is 1. The average molecular weight is 824 g/mol. The van der Waals surface area contributed by atoms with E-state index in [4.69, 9.17) is 12.2 Å². The third kappa shape index (κ3) is 8.13. The summed E-state index contributed by atoms with van der Waals surface area (Å²) in [4.78, 5) is 78.8. The van der Waals surface area contributed by atoms with Crippen molar-refractivity contribution >= 4 is 122 Å². The SMILES string of the molecule is O=Cc1cc2c(cc1C=O)N(CCCS(=O)(=O)O)C(=CC=C(C=c1s/c(=C3/SC(=S)N(CC(=O)O)C3=O)n(CC(=O)O)c1=O)c1ccc[nH]1)[Se]2. The van der Waals surface area contributed by atoms with Crippen molar-refractivity contribution in [2.45, 2.75) is 13.0 Å². The number of hydrogen-bond acceptors (Lipinski definition) is 12. The fourth-order valence-electron chi connectivity index (χ4n) is 4.94. The molecular formula is C30H24N4O11S4Se. The predicted octanol–water partition coefficient (Wildman–Crippen LogP) is -0.166. The number of benzene rings is 1. The van der Waals surface area contributed by atoms with Gasteiger partial charge in [-0.15, -0.1) is 0 Å². The van der Waals surface area contributed by atoms with E-state index >= 15 is 0 Å². The summed E-state index contributed by atoms with van der Waals surface area (Å²) in [6.45, 7) is -1.34. The molecule has 0 radical (unpaired) electrons. The summed E-state index contributed by atoms with van der Waals surface area (Å²) in [5, 5.41) is 18.8. The van der Waals surface area contributed by atoms with E-state index in [0.717, 1.165) is 37.0 Å². The number of aromatic nitrogens is 2. The topological polar surface area (TPSA) is 224 Å². The molecule has 0 spiro atoms. The van der Waals surface area contributed by atoms with Crippen LogP contribution in [0.4, 0.5) is 5.69 Å². The van der Waals surface area contributed by atoms with E-state index in [1.807, 2.05) is 0 Å². The number of carbonyl (C=O) groups excluding carboxylic acids is 3. The van der Waals surface area contributed by atoms with E-state index in [9.17, 15) is 52.0 Å². The third-order valence-electron chi connectivity index (χ3n) is 7.11. The molecule has 0 atom stereocenters. The molecule has 2 aliphatic heterocycles. The van der Waals surface area contributed by atoms with Crippen LogP contribution in [-0.4, -0.2) is 106 Å². The fourth-order valence-corrected chi connectivity index (χ4v) is 10.3. The first-order valence-corrected chi connectivity index (χ1v) is 19.5. The molecule has 1 fully saturated rings. The van der Waals surface area contributed by atoms with E-state index in [-0.39, 0.29) is 42.5 Å². The van der Waals surface area contributed by atoms with E-state index < -0.39 is 67.3 Å². The predicted molar refractivity (Wildman–Crippen MR) is 191 cm³/mol. The number of thiazole rings is 1. The summed E-state index contributed by atoms with van der Waals surface area (Å²) in [6.07, 6.45) is 7.73. The van der Waals surface area contributed by atoms with Crippen LogP contribution in [0.5, 0.6) is 0 Å². The minimum absolute atomic E-state index is 0.00497. The van der Waals surface area contributed by atoms with Crippen LogP contribution < -0.4 is 24.1 Å². The van der Waals surface area contributed by atoms with Gasteiger partial charge in [0.05, 0.1) is 0 Å². The number of fused-ring (bicyclic) bond motifs is 1. The molecule has 2 aliphatic rings.